The van der Waals surface area contributed by atoms with Gasteiger partial charge in [0, 0.05) is 60.3 Å². The molecule has 9 heteroatoms. The van der Waals surface area contributed by atoms with E-state index in [1.165, 1.54) is 0 Å². The van der Waals surface area contributed by atoms with E-state index in [1.54, 1.807) is 0 Å². The van der Waals surface area contributed by atoms with Gasteiger partial charge in [0.15, 0.2) is 29.1 Å². The van der Waals surface area contributed by atoms with Gasteiger partial charge in [0.1, 0.15) is 11.2 Å². The summed E-state index contributed by atoms with van der Waals surface area (Å²) in [6.07, 6.45) is 0. The molecule has 0 spiro atoms. The second-order valence-electron chi connectivity index (χ2n) is 17.1. The molecule has 0 atom stereocenters. The summed E-state index contributed by atoms with van der Waals surface area (Å²) < 4.78 is 11.3. The predicted octanol–water partition coefficient (Wildman–Crippen LogP) is 14.5. The predicted molar refractivity (Wildman–Crippen MR) is 276 cm³/mol. The van der Waals surface area contributed by atoms with E-state index in [0.29, 0.717) is 35.1 Å². The van der Waals surface area contributed by atoms with Crippen molar-refractivity contribution in [1.29, 1.82) is 0 Å². The lowest BCUT2D eigenvalue weighted by atomic mass is 10.1. The molecule has 322 valence electrons. The van der Waals surface area contributed by atoms with Gasteiger partial charge in [-0.25, -0.2) is 19.9 Å². The Morgan fingerprint density at radius 2 is 0.725 bits per heavy atom. The van der Waals surface area contributed by atoms with Crippen LogP contribution in [0.1, 0.15) is 0 Å². The minimum Gasteiger partial charge on any atom is -0.455 e. The molecular weight excluding hydrogens is 849 g/mol. The number of aromatic nitrogens is 8. The van der Waals surface area contributed by atoms with Gasteiger partial charge in [-0.3, -0.25) is 4.57 Å². The molecule has 0 bridgehead atoms. The van der Waals surface area contributed by atoms with Gasteiger partial charge in [-0.2, -0.15) is 9.97 Å². The quantitative estimate of drug-likeness (QED) is 0.157. The SMILES string of the molecule is c1ccc(-c2nc(-c3ccccc3)nc(-c3cccc4c3oc3ccc(-n5c6ccccc6c6cc7c(cc65)c5ccccc5n7-c5nc(-c6ccccc6)nc(-c6ccccc6)n5)cc34)n2)cc1. The standard InChI is InChI=1S/C60H36N8O/c1-5-18-37(19-6-1)55-61-56(38-20-7-2-8-21-38)64-59(63-55)45-29-17-28-44-48-34-41(32-33-53(48)69-54(44)45)67-49-30-15-13-26-42(49)46-36-52-47(35-51(46)67)43-27-14-16-31-50(43)68(52)60-65-57(39-22-9-3-10-23-39)62-58(66-60)40-24-11-4-12-25-40/h1-36H. The van der Waals surface area contributed by atoms with Gasteiger partial charge in [-0.05, 0) is 48.5 Å². The van der Waals surface area contributed by atoms with Crippen molar-refractivity contribution in [3.63, 3.8) is 0 Å². The number of benzene rings is 9. The minimum atomic E-state index is 0.544. The van der Waals surface area contributed by atoms with Crippen LogP contribution < -0.4 is 0 Å². The van der Waals surface area contributed by atoms with Crippen molar-refractivity contribution in [1.82, 2.24) is 39.0 Å². The number of rotatable bonds is 7. The second kappa shape index (κ2) is 15.5. The first-order valence-electron chi connectivity index (χ1n) is 22.9. The summed E-state index contributed by atoms with van der Waals surface area (Å²) in [5.74, 6) is 3.52. The summed E-state index contributed by atoms with van der Waals surface area (Å²) in [7, 11) is 0. The van der Waals surface area contributed by atoms with E-state index in [4.69, 9.17) is 34.3 Å². The first kappa shape index (κ1) is 38.6. The molecule has 5 heterocycles. The molecule has 9 nitrogen and oxygen atoms in total. The van der Waals surface area contributed by atoms with Crippen molar-refractivity contribution in [3.8, 4) is 68.6 Å². The maximum absolute atomic E-state index is 6.77. The molecule has 0 fully saturated rings. The minimum absolute atomic E-state index is 0.544. The summed E-state index contributed by atoms with van der Waals surface area (Å²) in [4.78, 5) is 30.4. The first-order chi connectivity index (χ1) is 34.2. The molecule has 0 unspecified atom stereocenters. The Labute approximate surface area is 394 Å². The molecule has 0 amide bonds. The van der Waals surface area contributed by atoms with Crippen molar-refractivity contribution in [2.75, 3.05) is 0 Å². The Morgan fingerprint density at radius 1 is 0.290 bits per heavy atom. The fraction of sp³-hybridized carbons (Fsp3) is 0. The molecule has 0 N–H and O–H groups in total. The molecule has 0 saturated carbocycles. The number of fused-ring (bicyclic) bond motifs is 9. The average molecular weight is 885 g/mol. The van der Waals surface area contributed by atoms with Gasteiger partial charge in [0.2, 0.25) is 5.95 Å². The van der Waals surface area contributed by atoms with Crippen molar-refractivity contribution in [3.05, 3.63) is 218 Å². The highest BCUT2D eigenvalue weighted by atomic mass is 16.3. The maximum atomic E-state index is 6.77. The lowest BCUT2D eigenvalue weighted by molar-refractivity contribution is 0.669. The van der Waals surface area contributed by atoms with E-state index in [9.17, 15) is 0 Å². The van der Waals surface area contributed by atoms with E-state index in [0.717, 1.165) is 99.1 Å². The van der Waals surface area contributed by atoms with Crippen molar-refractivity contribution in [2.24, 2.45) is 0 Å². The zero-order valence-electron chi connectivity index (χ0n) is 36.8. The van der Waals surface area contributed by atoms with E-state index in [-0.39, 0.29) is 0 Å². The molecule has 0 saturated heterocycles. The highest BCUT2D eigenvalue weighted by Crippen LogP contribution is 2.42. The Balaban J connectivity index is 0.964. The fourth-order valence-electron chi connectivity index (χ4n) is 9.85. The van der Waals surface area contributed by atoms with Gasteiger partial charge in [-0.15, -0.1) is 0 Å². The molecule has 0 aliphatic rings. The number of furan rings is 1. The number of nitrogens with zero attached hydrogens (tertiary/aromatic N) is 8. The lowest BCUT2D eigenvalue weighted by Crippen LogP contribution is -2.06. The van der Waals surface area contributed by atoms with E-state index >= 15 is 0 Å². The monoisotopic (exact) mass is 884 g/mol. The molecule has 0 aliphatic carbocycles. The molecule has 5 aromatic heterocycles. The molecule has 69 heavy (non-hydrogen) atoms. The molecular formula is C60H36N8O. The Hall–Kier alpha value is -9.60. The summed E-state index contributed by atoms with van der Waals surface area (Å²) >= 11 is 0. The summed E-state index contributed by atoms with van der Waals surface area (Å²) in [6.45, 7) is 0. The topological polar surface area (TPSA) is 100 Å². The van der Waals surface area contributed by atoms with Crippen LogP contribution >= 0.6 is 0 Å². The van der Waals surface area contributed by atoms with Crippen LogP contribution in [0.25, 0.3) is 134 Å². The highest BCUT2D eigenvalue weighted by Gasteiger charge is 2.23. The first-order valence-corrected chi connectivity index (χ1v) is 22.9. The summed E-state index contributed by atoms with van der Waals surface area (Å²) in [6, 6.07) is 74.7. The molecule has 0 radical (unpaired) electrons. The van der Waals surface area contributed by atoms with Crippen molar-refractivity contribution >= 4 is 65.6 Å². The highest BCUT2D eigenvalue weighted by molar-refractivity contribution is 6.19. The third kappa shape index (κ3) is 6.32. The van der Waals surface area contributed by atoms with Crippen LogP contribution in [0.3, 0.4) is 0 Å². The second-order valence-corrected chi connectivity index (χ2v) is 17.1. The van der Waals surface area contributed by atoms with Gasteiger partial charge in [-0.1, -0.05) is 170 Å². The molecule has 14 rings (SSSR count). The van der Waals surface area contributed by atoms with Gasteiger partial charge < -0.3 is 8.98 Å². The smallest absolute Gasteiger partial charge is 0.238 e. The van der Waals surface area contributed by atoms with Crippen LogP contribution in [-0.2, 0) is 0 Å². The zero-order chi connectivity index (χ0) is 45.4. The van der Waals surface area contributed by atoms with Crippen LogP contribution in [0.2, 0.25) is 0 Å². The molecule has 14 aromatic rings. The number of hydrogen-bond acceptors (Lipinski definition) is 7. The van der Waals surface area contributed by atoms with E-state index < -0.39 is 0 Å². The van der Waals surface area contributed by atoms with E-state index in [1.807, 2.05) is 127 Å². The van der Waals surface area contributed by atoms with E-state index in [2.05, 4.69) is 100 Å². The summed E-state index contributed by atoms with van der Waals surface area (Å²) in [5.41, 5.74) is 11.1. The normalized spacial score (nSPS) is 11.8. The maximum Gasteiger partial charge on any atom is 0.238 e. The van der Waals surface area contributed by atoms with Crippen LogP contribution in [0.5, 0.6) is 0 Å². The van der Waals surface area contributed by atoms with Crippen LogP contribution in [-0.4, -0.2) is 39.0 Å². The van der Waals surface area contributed by atoms with Gasteiger partial charge in [0.05, 0.1) is 27.6 Å². The number of hydrogen-bond donors (Lipinski definition) is 0. The average Bonchev–Trinajstić information content (AvgIpc) is 4.08. The Morgan fingerprint density at radius 3 is 1.26 bits per heavy atom. The zero-order valence-corrected chi connectivity index (χ0v) is 36.8. The third-order valence-corrected chi connectivity index (χ3v) is 13.0. The summed E-state index contributed by atoms with van der Waals surface area (Å²) in [5, 5.41) is 6.40. The molecule has 0 aliphatic heterocycles. The largest absolute Gasteiger partial charge is 0.455 e. The Bertz CT molecular complexity index is 4180. The van der Waals surface area contributed by atoms with Gasteiger partial charge >= 0.3 is 0 Å². The molecule has 9 aromatic carbocycles. The van der Waals surface area contributed by atoms with Gasteiger partial charge in [0.25, 0.3) is 0 Å². The van der Waals surface area contributed by atoms with Crippen LogP contribution in [0, 0.1) is 0 Å². The Kier molecular flexibility index (Phi) is 8.68. The fourth-order valence-corrected chi connectivity index (χ4v) is 9.85. The van der Waals surface area contributed by atoms with Crippen LogP contribution in [0.4, 0.5) is 0 Å². The van der Waals surface area contributed by atoms with Crippen molar-refractivity contribution < 1.29 is 4.42 Å². The van der Waals surface area contributed by atoms with Crippen molar-refractivity contribution in [2.45, 2.75) is 0 Å². The lowest BCUT2D eigenvalue weighted by Gasteiger charge is -2.11. The van der Waals surface area contributed by atoms with Crippen LogP contribution in [0.15, 0.2) is 223 Å². The number of para-hydroxylation sites is 3. The third-order valence-electron chi connectivity index (χ3n) is 13.0.